The molecule has 0 aromatic rings. The highest BCUT2D eigenvalue weighted by Gasteiger charge is 2.38. The molecule has 0 rings (SSSR count). The minimum Gasteiger partial charge on any atom is -0.480 e. The highest BCUT2D eigenvalue weighted by atomic mass is 79.9. The second kappa shape index (κ2) is 6.61. The summed E-state index contributed by atoms with van der Waals surface area (Å²) >= 11 is 7.70. The van der Waals surface area contributed by atoms with Gasteiger partial charge in [-0.3, -0.25) is 4.79 Å². The highest BCUT2D eigenvalue weighted by Crippen LogP contribution is 2.38. The van der Waals surface area contributed by atoms with E-state index in [2.05, 4.69) is 15.9 Å². The van der Waals surface area contributed by atoms with Crippen molar-refractivity contribution in [1.29, 1.82) is 0 Å². The van der Waals surface area contributed by atoms with Crippen LogP contribution in [0.4, 0.5) is 8.78 Å². The summed E-state index contributed by atoms with van der Waals surface area (Å²) in [6, 6.07) is -1.36. The molecule has 2 atom stereocenters. The summed E-state index contributed by atoms with van der Waals surface area (Å²) in [6.07, 6.45) is 0. The number of amides is 1. The van der Waals surface area contributed by atoms with Crippen molar-refractivity contribution < 1.29 is 23.5 Å². The van der Waals surface area contributed by atoms with Gasteiger partial charge in [0.2, 0.25) is 5.91 Å². The lowest BCUT2D eigenvalue weighted by Crippen LogP contribution is -2.42. The Morgan fingerprint density at radius 2 is 2.12 bits per heavy atom. The molecule has 1 unspecified atom stereocenters. The maximum atomic E-state index is 13.0. The van der Waals surface area contributed by atoms with Crippen molar-refractivity contribution in [2.45, 2.75) is 22.5 Å². The monoisotopic (exact) mass is 339 g/mol. The summed E-state index contributed by atoms with van der Waals surface area (Å²) in [5, 5.41) is 7.37. The van der Waals surface area contributed by atoms with E-state index in [4.69, 9.17) is 16.7 Å². The Kier molecular flexibility index (Phi) is 6.57. The van der Waals surface area contributed by atoms with Crippen molar-refractivity contribution in [2.24, 2.45) is 0 Å². The quantitative estimate of drug-likeness (QED) is 0.724. The second-order valence-electron chi connectivity index (χ2n) is 2.76. The van der Waals surface area contributed by atoms with E-state index in [9.17, 15) is 18.4 Å². The van der Waals surface area contributed by atoms with Crippen LogP contribution in [0.25, 0.3) is 0 Å². The van der Waals surface area contributed by atoms with Gasteiger partial charge in [-0.05, 0) is 0 Å². The lowest BCUT2D eigenvalue weighted by Gasteiger charge is -2.19. The van der Waals surface area contributed by atoms with Crippen LogP contribution >= 0.6 is 39.3 Å². The smallest absolute Gasteiger partial charge is 0.327 e. The van der Waals surface area contributed by atoms with Gasteiger partial charge >= 0.3 is 11.2 Å². The van der Waals surface area contributed by atoms with Crippen LogP contribution in [0, 0.1) is 0 Å². The van der Waals surface area contributed by atoms with Crippen LogP contribution in [0.2, 0.25) is 0 Å². The second-order valence-corrected chi connectivity index (χ2v) is 5.81. The van der Waals surface area contributed by atoms with Crippen LogP contribution in [-0.2, 0) is 9.59 Å². The highest BCUT2D eigenvalue weighted by molar-refractivity contribution is 9.10. The van der Waals surface area contributed by atoms with Crippen LogP contribution < -0.4 is 5.32 Å². The van der Waals surface area contributed by atoms with Crippen molar-refractivity contribution in [3.63, 3.8) is 0 Å². The Bertz CT molecular complexity index is 280. The van der Waals surface area contributed by atoms with Gasteiger partial charge in [0, 0.05) is 12.7 Å². The molecule has 0 radical (unpaired) electrons. The lowest BCUT2D eigenvalue weighted by molar-refractivity contribution is -0.140. The number of hydrogen-bond acceptors (Lipinski definition) is 3. The fourth-order valence-corrected chi connectivity index (χ4v) is 2.00. The molecule has 0 saturated heterocycles. The molecule has 0 aliphatic carbocycles. The lowest BCUT2D eigenvalue weighted by atomic mass is 10.3. The molecule has 2 N–H and O–H groups in total. The largest absolute Gasteiger partial charge is 0.480 e. The number of hydrogen-bond donors (Lipinski definition) is 2. The molecule has 0 bridgehead atoms. The molecule has 0 aromatic carbocycles. The topological polar surface area (TPSA) is 66.4 Å². The average Bonchev–Trinajstić information content (AvgIpc) is 2.10. The summed E-state index contributed by atoms with van der Waals surface area (Å²) in [5.74, 6) is -2.45. The number of rotatable bonds is 6. The van der Waals surface area contributed by atoms with Gasteiger partial charge in [0.05, 0.1) is 0 Å². The number of thioether (sulfide) groups is 1. The number of carbonyl (C=O) groups excluding carboxylic acids is 1. The van der Waals surface area contributed by atoms with E-state index in [0.29, 0.717) is 0 Å². The zero-order valence-electron chi connectivity index (χ0n) is 8.05. The number of alkyl halides is 4. The van der Waals surface area contributed by atoms with Crippen molar-refractivity contribution in [2.75, 3.05) is 5.75 Å². The van der Waals surface area contributed by atoms with Crippen molar-refractivity contribution in [3.8, 4) is 0 Å². The van der Waals surface area contributed by atoms with Crippen LogP contribution in [0.1, 0.15) is 6.92 Å². The van der Waals surface area contributed by atoms with Gasteiger partial charge in [0.25, 0.3) is 0 Å². The van der Waals surface area contributed by atoms with Crippen LogP contribution in [0.5, 0.6) is 0 Å². The third-order valence-corrected chi connectivity index (χ3v) is 3.77. The molecule has 0 aromatic heterocycles. The summed E-state index contributed by atoms with van der Waals surface area (Å²) in [4.78, 5) is 21.2. The molecule has 0 fully saturated rings. The minimum atomic E-state index is -3.31. The van der Waals surface area contributed by atoms with E-state index in [1.54, 1.807) is 0 Å². The molecule has 0 heterocycles. The van der Waals surface area contributed by atoms with Crippen LogP contribution in [-0.4, -0.2) is 38.3 Å². The number of nitrogens with one attached hydrogen (secondary N) is 1. The third-order valence-electron chi connectivity index (χ3n) is 1.37. The van der Waals surface area contributed by atoms with Gasteiger partial charge in [-0.25, -0.2) is 4.79 Å². The molecule has 4 nitrogen and oxygen atoms in total. The Morgan fingerprint density at radius 1 is 1.62 bits per heavy atom. The summed E-state index contributed by atoms with van der Waals surface area (Å²) < 4.78 is 24.4. The fourth-order valence-electron chi connectivity index (χ4n) is 0.677. The Hall–Kier alpha value is -0.0800. The first kappa shape index (κ1) is 15.9. The fraction of sp³-hybridized carbons (Fsp3) is 0.714. The Labute approximate surface area is 108 Å². The van der Waals surface area contributed by atoms with Crippen molar-refractivity contribution in [3.05, 3.63) is 0 Å². The number of aliphatic carboxylic acids is 1. The Morgan fingerprint density at radius 3 is 2.44 bits per heavy atom. The van der Waals surface area contributed by atoms with Gasteiger partial charge in [-0.2, -0.15) is 8.78 Å². The normalized spacial score (nSPS) is 15.3. The molecule has 94 valence electrons. The van der Waals surface area contributed by atoms with Crippen molar-refractivity contribution >= 4 is 51.2 Å². The number of carbonyl (C=O) groups is 2. The molecule has 0 saturated carbocycles. The van der Waals surface area contributed by atoms with E-state index >= 15 is 0 Å². The number of halogens is 4. The van der Waals surface area contributed by atoms with E-state index < -0.39 is 33.2 Å². The van der Waals surface area contributed by atoms with Crippen LogP contribution in [0.15, 0.2) is 0 Å². The summed E-state index contributed by atoms with van der Waals surface area (Å²) in [6.45, 7) is 1.10. The van der Waals surface area contributed by atoms with Gasteiger partial charge in [-0.1, -0.05) is 27.7 Å². The summed E-state index contributed by atoms with van der Waals surface area (Å²) in [7, 11) is 0. The predicted molar refractivity (Wildman–Crippen MR) is 61.2 cm³/mol. The third kappa shape index (κ3) is 5.86. The van der Waals surface area contributed by atoms with Crippen molar-refractivity contribution in [1.82, 2.24) is 5.32 Å². The van der Waals surface area contributed by atoms with E-state index in [1.807, 2.05) is 5.32 Å². The zero-order chi connectivity index (χ0) is 12.9. The number of carboxylic acids is 1. The van der Waals surface area contributed by atoms with Gasteiger partial charge in [0.1, 0.15) is 6.04 Å². The standard InChI is InChI=1S/C7H9BrClF2NO3S/c1-3(13)12-4(5(14)15)2-16-7(10,11)6(8)9/h4,6H,2H2,1H3,(H,12,13)(H,14,15)/t4-,6?/m0/s1. The molecular weight excluding hydrogens is 332 g/mol. The molecule has 16 heavy (non-hydrogen) atoms. The first-order valence-electron chi connectivity index (χ1n) is 3.96. The van der Waals surface area contributed by atoms with Gasteiger partial charge < -0.3 is 10.4 Å². The Balaban J connectivity index is 4.33. The first-order chi connectivity index (χ1) is 7.16. The molecule has 0 spiro atoms. The SMILES string of the molecule is CC(=O)N[C@@H](CSC(F)(F)C(Cl)Br)C(=O)O. The van der Waals surface area contributed by atoms with Crippen LogP contribution in [0.3, 0.4) is 0 Å². The van der Waals surface area contributed by atoms with Gasteiger partial charge in [-0.15, -0.1) is 11.6 Å². The maximum Gasteiger partial charge on any atom is 0.327 e. The minimum absolute atomic E-state index is 0.0575. The average molecular weight is 341 g/mol. The molecule has 0 aliphatic heterocycles. The van der Waals surface area contributed by atoms with E-state index in [-0.39, 0.29) is 11.8 Å². The summed E-state index contributed by atoms with van der Waals surface area (Å²) in [5.41, 5.74) is 0. The molecule has 9 heteroatoms. The van der Waals surface area contributed by atoms with Gasteiger partial charge in [0.15, 0.2) is 4.29 Å². The molecule has 1 amide bonds. The molecule has 0 aliphatic rings. The first-order valence-corrected chi connectivity index (χ1v) is 6.30. The number of carboxylic acid groups (broad SMARTS) is 1. The zero-order valence-corrected chi connectivity index (χ0v) is 11.2. The maximum absolute atomic E-state index is 13.0. The van der Waals surface area contributed by atoms with E-state index in [0.717, 1.165) is 6.92 Å². The van der Waals surface area contributed by atoms with E-state index in [1.165, 1.54) is 0 Å². The predicted octanol–water partition coefficient (Wildman–Crippen LogP) is 1.86. The molecular formula is C7H9BrClF2NO3S.